The van der Waals surface area contributed by atoms with Gasteiger partial charge in [0.2, 0.25) is 0 Å². The van der Waals surface area contributed by atoms with Crippen LogP contribution in [-0.2, 0) is 12.3 Å². The smallest absolute Gasteiger partial charge is 0.191 e. The minimum absolute atomic E-state index is 0.195. The molecule has 2 aromatic carbocycles. The quantitative estimate of drug-likeness (QED) is 0.537. The van der Waals surface area contributed by atoms with Crippen LogP contribution in [0.15, 0.2) is 53.7 Å². The van der Waals surface area contributed by atoms with Crippen LogP contribution in [0.25, 0.3) is 0 Å². The first-order chi connectivity index (χ1) is 12.6. The van der Waals surface area contributed by atoms with Crippen molar-refractivity contribution < 1.29 is 9.13 Å². The molecule has 3 rings (SSSR count). The van der Waals surface area contributed by atoms with E-state index in [-0.39, 0.29) is 11.9 Å². The van der Waals surface area contributed by atoms with E-state index in [9.17, 15) is 4.39 Å². The third-order valence-corrected chi connectivity index (χ3v) is 5.06. The fourth-order valence-electron chi connectivity index (χ4n) is 2.71. The van der Waals surface area contributed by atoms with Crippen LogP contribution in [0.4, 0.5) is 4.39 Å². The average Bonchev–Trinajstić information content (AvgIpc) is 3.04. The molecular weight excluding hydrogens is 349 g/mol. The lowest BCUT2D eigenvalue weighted by Crippen LogP contribution is -2.12. The molecule has 3 aromatic rings. The predicted octanol–water partition coefficient (Wildman–Crippen LogP) is 5.18. The van der Waals surface area contributed by atoms with Gasteiger partial charge < -0.3 is 9.30 Å². The number of thioether (sulfide) groups is 1. The highest BCUT2D eigenvalue weighted by Crippen LogP contribution is 2.27. The number of hydrogen-bond acceptors (Lipinski definition) is 4. The molecule has 0 saturated carbocycles. The first kappa shape index (κ1) is 18.5. The van der Waals surface area contributed by atoms with E-state index < -0.39 is 0 Å². The Morgan fingerprint density at radius 1 is 1.15 bits per heavy atom. The highest BCUT2D eigenvalue weighted by Gasteiger charge is 2.19. The number of benzene rings is 2. The maximum absolute atomic E-state index is 13.8. The summed E-state index contributed by atoms with van der Waals surface area (Å²) in [6.07, 6.45) is -0.230. The maximum atomic E-state index is 13.8. The molecule has 0 radical (unpaired) electrons. The highest BCUT2D eigenvalue weighted by atomic mass is 32.2. The fourth-order valence-corrected chi connectivity index (χ4v) is 3.70. The first-order valence-corrected chi connectivity index (χ1v) is 9.59. The van der Waals surface area contributed by atoms with E-state index in [0.717, 1.165) is 28.8 Å². The molecule has 0 aliphatic heterocycles. The van der Waals surface area contributed by atoms with Crippen molar-refractivity contribution in [3.8, 4) is 5.75 Å². The number of nitrogens with zero attached hydrogens (tertiary/aromatic N) is 3. The molecule has 1 heterocycles. The molecular formula is C20H22FN3OS. The maximum Gasteiger partial charge on any atom is 0.191 e. The minimum atomic E-state index is -0.230. The average molecular weight is 371 g/mol. The molecule has 0 bridgehead atoms. The summed E-state index contributed by atoms with van der Waals surface area (Å²) in [7, 11) is 0. The van der Waals surface area contributed by atoms with Gasteiger partial charge in [0.1, 0.15) is 11.6 Å². The Kier molecular flexibility index (Phi) is 5.93. The van der Waals surface area contributed by atoms with Gasteiger partial charge in [0.25, 0.3) is 0 Å². The summed E-state index contributed by atoms with van der Waals surface area (Å²) in [5.74, 6) is 1.89. The summed E-state index contributed by atoms with van der Waals surface area (Å²) in [4.78, 5) is 0. The van der Waals surface area contributed by atoms with Gasteiger partial charge in [0, 0.05) is 12.3 Å². The summed E-state index contributed by atoms with van der Waals surface area (Å²) in [5.41, 5.74) is 1.81. The van der Waals surface area contributed by atoms with E-state index in [1.165, 1.54) is 17.8 Å². The minimum Gasteiger partial charge on any atom is -0.483 e. The first-order valence-electron chi connectivity index (χ1n) is 8.61. The van der Waals surface area contributed by atoms with Gasteiger partial charge in [0.15, 0.2) is 17.1 Å². The standard InChI is InChI=1S/C20H22FN3OS/c1-4-24-19(15(3)25-17-10-7-8-14(2)12-17)22-23-20(24)26-13-16-9-5-6-11-18(16)21/h5-12,15H,4,13H2,1-3H3. The Balaban J connectivity index is 1.74. The molecule has 0 N–H and O–H groups in total. The molecule has 136 valence electrons. The van der Waals surface area contributed by atoms with Crippen LogP contribution in [0.2, 0.25) is 0 Å². The summed E-state index contributed by atoms with van der Waals surface area (Å²) < 4.78 is 21.9. The number of rotatable bonds is 7. The lowest BCUT2D eigenvalue weighted by molar-refractivity contribution is 0.210. The highest BCUT2D eigenvalue weighted by molar-refractivity contribution is 7.98. The van der Waals surface area contributed by atoms with Gasteiger partial charge in [-0.25, -0.2) is 4.39 Å². The van der Waals surface area contributed by atoms with Crippen LogP contribution in [0.3, 0.4) is 0 Å². The van der Waals surface area contributed by atoms with Crippen molar-refractivity contribution in [3.05, 3.63) is 71.3 Å². The van der Waals surface area contributed by atoms with Gasteiger partial charge in [-0.3, -0.25) is 0 Å². The zero-order chi connectivity index (χ0) is 18.5. The Morgan fingerprint density at radius 3 is 2.69 bits per heavy atom. The summed E-state index contributed by atoms with van der Waals surface area (Å²) in [6, 6.07) is 14.7. The van der Waals surface area contributed by atoms with Crippen LogP contribution < -0.4 is 4.74 Å². The van der Waals surface area contributed by atoms with Gasteiger partial charge in [0.05, 0.1) is 0 Å². The van der Waals surface area contributed by atoms with E-state index in [4.69, 9.17) is 4.74 Å². The monoisotopic (exact) mass is 371 g/mol. The Hall–Kier alpha value is -2.34. The zero-order valence-electron chi connectivity index (χ0n) is 15.1. The second kappa shape index (κ2) is 8.36. The summed E-state index contributed by atoms with van der Waals surface area (Å²) >= 11 is 1.48. The van der Waals surface area contributed by atoms with Gasteiger partial charge in [-0.15, -0.1) is 10.2 Å². The van der Waals surface area contributed by atoms with Crippen molar-refractivity contribution in [1.82, 2.24) is 14.8 Å². The third kappa shape index (κ3) is 4.25. The van der Waals surface area contributed by atoms with Crippen molar-refractivity contribution in [1.29, 1.82) is 0 Å². The number of aromatic nitrogens is 3. The van der Waals surface area contributed by atoms with Crippen LogP contribution in [0, 0.1) is 12.7 Å². The third-order valence-electron chi connectivity index (χ3n) is 4.04. The van der Waals surface area contributed by atoms with Crippen molar-refractivity contribution in [2.24, 2.45) is 0 Å². The number of hydrogen-bond donors (Lipinski definition) is 0. The molecule has 0 aliphatic rings. The van der Waals surface area contributed by atoms with Gasteiger partial charge >= 0.3 is 0 Å². The summed E-state index contributed by atoms with van der Waals surface area (Å²) in [6.45, 7) is 6.76. The Morgan fingerprint density at radius 2 is 1.96 bits per heavy atom. The van der Waals surface area contributed by atoms with E-state index in [1.54, 1.807) is 12.1 Å². The van der Waals surface area contributed by atoms with Crippen LogP contribution in [0.5, 0.6) is 5.75 Å². The SMILES string of the molecule is CCn1c(SCc2ccccc2F)nnc1C(C)Oc1cccc(C)c1. The van der Waals surface area contributed by atoms with Crippen molar-refractivity contribution in [2.45, 2.75) is 44.3 Å². The lowest BCUT2D eigenvalue weighted by atomic mass is 10.2. The van der Waals surface area contributed by atoms with Gasteiger partial charge in [-0.05, 0) is 50.1 Å². The second-order valence-electron chi connectivity index (χ2n) is 6.04. The molecule has 6 heteroatoms. The normalized spacial score (nSPS) is 12.2. The Bertz CT molecular complexity index is 881. The topological polar surface area (TPSA) is 39.9 Å². The fraction of sp³-hybridized carbons (Fsp3) is 0.300. The molecule has 1 unspecified atom stereocenters. The largest absolute Gasteiger partial charge is 0.483 e. The van der Waals surface area contributed by atoms with Gasteiger partial charge in [-0.1, -0.05) is 42.1 Å². The lowest BCUT2D eigenvalue weighted by Gasteiger charge is -2.16. The number of halogens is 1. The molecule has 0 spiro atoms. The van der Waals surface area contributed by atoms with Crippen LogP contribution in [0.1, 0.15) is 36.9 Å². The van der Waals surface area contributed by atoms with Crippen molar-refractivity contribution in [2.75, 3.05) is 0 Å². The molecule has 0 amide bonds. The zero-order valence-corrected chi connectivity index (χ0v) is 16.0. The number of ether oxygens (including phenoxy) is 1. The van der Waals surface area contributed by atoms with Crippen LogP contribution in [-0.4, -0.2) is 14.8 Å². The van der Waals surface area contributed by atoms with Gasteiger partial charge in [-0.2, -0.15) is 0 Å². The molecule has 0 fully saturated rings. The second-order valence-corrected chi connectivity index (χ2v) is 6.98. The molecule has 26 heavy (non-hydrogen) atoms. The van der Waals surface area contributed by atoms with E-state index in [1.807, 2.05) is 55.7 Å². The van der Waals surface area contributed by atoms with E-state index in [0.29, 0.717) is 11.3 Å². The summed E-state index contributed by atoms with van der Waals surface area (Å²) in [5, 5.41) is 9.37. The van der Waals surface area contributed by atoms with E-state index >= 15 is 0 Å². The van der Waals surface area contributed by atoms with Crippen molar-refractivity contribution >= 4 is 11.8 Å². The molecule has 1 aromatic heterocycles. The Labute approximate surface area is 157 Å². The molecule has 0 aliphatic carbocycles. The molecule has 4 nitrogen and oxygen atoms in total. The number of aryl methyl sites for hydroxylation is 1. The van der Waals surface area contributed by atoms with Crippen molar-refractivity contribution in [3.63, 3.8) is 0 Å². The molecule has 1 atom stereocenters. The molecule has 0 saturated heterocycles. The van der Waals surface area contributed by atoms with Crippen LogP contribution >= 0.6 is 11.8 Å². The van der Waals surface area contributed by atoms with E-state index in [2.05, 4.69) is 10.2 Å². The predicted molar refractivity (Wildman–Crippen MR) is 102 cm³/mol.